The van der Waals surface area contributed by atoms with Gasteiger partial charge in [-0.25, -0.2) is 4.79 Å². The standard InChI is InChI=1S/C25H33N3O3/c1-3-4-16-5-7-20(8-6-16)24(2)22(30)28(23(31)27-24)15-21(29)26-25-12-17-9-18(13-25)11-19(10-17)14-25/h5-8,17-19H,3-4,9-15H2,1-2H3,(H,26,29)(H,27,31)/t17?,18?,19?,24-,25?/m1/s1. The molecule has 1 heterocycles. The maximum Gasteiger partial charge on any atom is 0.325 e. The molecular formula is C25H33N3O3. The largest absolute Gasteiger partial charge is 0.349 e. The first-order valence-corrected chi connectivity index (χ1v) is 11.8. The molecule has 1 saturated heterocycles. The van der Waals surface area contributed by atoms with Crippen LogP contribution in [0.4, 0.5) is 4.79 Å². The number of rotatable bonds is 6. The van der Waals surface area contributed by atoms with Crippen LogP contribution in [0.1, 0.15) is 69.9 Å². The highest BCUT2D eigenvalue weighted by atomic mass is 16.2. The number of carbonyl (C=O) groups is 3. The number of urea groups is 1. The van der Waals surface area contributed by atoms with E-state index in [0.717, 1.165) is 60.3 Å². The summed E-state index contributed by atoms with van der Waals surface area (Å²) < 4.78 is 0. The Kier molecular flexibility index (Phi) is 4.87. The molecular weight excluding hydrogens is 390 g/mol. The molecule has 4 aliphatic carbocycles. The van der Waals surface area contributed by atoms with Crippen molar-refractivity contribution >= 4 is 17.8 Å². The van der Waals surface area contributed by atoms with Gasteiger partial charge in [-0.2, -0.15) is 0 Å². The van der Waals surface area contributed by atoms with Crippen molar-refractivity contribution in [3.05, 3.63) is 35.4 Å². The Morgan fingerprint density at radius 2 is 1.65 bits per heavy atom. The van der Waals surface area contributed by atoms with Crippen molar-refractivity contribution in [3.63, 3.8) is 0 Å². The Balaban J connectivity index is 1.27. The van der Waals surface area contributed by atoms with Crippen LogP contribution in [0.3, 0.4) is 0 Å². The molecule has 1 atom stereocenters. The normalized spacial score (nSPS) is 36.1. The maximum atomic E-state index is 13.2. The van der Waals surface area contributed by atoms with E-state index in [9.17, 15) is 14.4 Å². The zero-order valence-electron chi connectivity index (χ0n) is 18.6. The first-order valence-electron chi connectivity index (χ1n) is 11.8. The van der Waals surface area contributed by atoms with E-state index in [2.05, 4.69) is 17.6 Å². The average Bonchev–Trinajstić information content (AvgIpc) is 2.91. The molecule has 2 N–H and O–H groups in total. The molecule has 5 fully saturated rings. The summed E-state index contributed by atoms with van der Waals surface area (Å²) >= 11 is 0. The Bertz CT molecular complexity index is 874. The van der Waals surface area contributed by atoms with Gasteiger partial charge in [0.1, 0.15) is 12.1 Å². The number of aryl methyl sites for hydroxylation is 1. The number of nitrogens with zero attached hydrogens (tertiary/aromatic N) is 1. The van der Waals surface area contributed by atoms with E-state index >= 15 is 0 Å². The topological polar surface area (TPSA) is 78.5 Å². The van der Waals surface area contributed by atoms with Crippen molar-refractivity contribution in [1.29, 1.82) is 0 Å². The lowest BCUT2D eigenvalue weighted by atomic mass is 9.53. The second kappa shape index (κ2) is 7.35. The molecule has 6 rings (SSSR count). The number of hydrogen-bond acceptors (Lipinski definition) is 3. The minimum Gasteiger partial charge on any atom is -0.349 e. The summed E-state index contributed by atoms with van der Waals surface area (Å²) in [5.41, 5.74) is 0.694. The van der Waals surface area contributed by atoms with Gasteiger partial charge in [-0.15, -0.1) is 0 Å². The zero-order chi connectivity index (χ0) is 21.8. The number of carbonyl (C=O) groups excluding carboxylic acids is 3. The average molecular weight is 424 g/mol. The molecule has 31 heavy (non-hydrogen) atoms. The molecule has 4 amide bonds. The van der Waals surface area contributed by atoms with Gasteiger partial charge in [-0.1, -0.05) is 37.6 Å². The molecule has 1 aromatic rings. The summed E-state index contributed by atoms with van der Waals surface area (Å²) in [5, 5.41) is 6.09. The molecule has 5 aliphatic rings. The first-order chi connectivity index (χ1) is 14.8. The highest BCUT2D eigenvalue weighted by molar-refractivity contribution is 6.09. The van der Waals surface area contributed by atoms with Gasteiger partial charge in [0.15, 0.2) is 0 Å². The molecule has 1 aromatic carbocycles. The summed E-state index contributed by atoms with van der Waals surface area (Å²) in [6.07, 6.45) is 9.09. The fourth-order valence-electron chi connectivity index (χ4n) is 7.07. The maximum absolute atomic E-state index is 13.2. The van der Waals surface area contributed by atoms with Crippen molar-refractivity contribution in [2.45, 2.75) is 76.3 Å². The van der Waals surface area contributed by atoms with E-state index in [1.54, 1.807) is 6.92 Å². The van der Waals surface area contributed by atoms with E-state index in [0.29, 0.717) is 0 Å². The Morgan fingerprint density at radius 3 is 2.19 bits per heavy atom. The fourth-order valence-corrected chi connectivity index (χ4v) is 7.07. The lowest BCUT2D eigenvalue weighted by Gasteiger charge is -2.56. The summed E-state index contributed by atoms with van der Waals surface area (Å²) in [6.45, 7) is 3.64. The summed E-state index contributed by atoms with van der Waals surface area (Å²) in [6, 6.07) is 7.33. The zero-order valence-corrected chi connectivity index (χ0v) is 18.6. The number of imide groups is 1. The number of amides is 4. The van der Waals surface area contributed by atoms with Crippen LogP contribution in [0, 0.1) is 17.8 Å². The lowest BCUT2D eigenvalue weighted by Crippen LogP contribution is -2.61. The van der Waals surface area contributed by atoms with Gasteiger partial charge in [0.25, 0.3) is 5.91 Å². The highest BCUT2D eigenvalue weighted by Crippen LogP contribution is 2.55. The van der Waals surface area contributed by atoms with Gasteiger partial charge in [-0.3, -0.25) is 14.5 Å². The summed E-state index contributed by atoms with van der Waals surface area (Å²) in [7, 11) is 0. The van der Waals surface area contributed by atoms with Gasteiger partial charge in [-0.05, 0) is 80.8 Å². The van der Waals surface area contributed by atoms with E-state index in [4.69, 9.17) is 0 Å². The first kappa shape index (κ1) is 20.5. The van der Waals surface area contributed by atoms with Crippen molar-refractivity contribution in [2.24, 2.45) is 17.8 Å². The van der Waals surface area contributed by atoms with Gasteiger partial charge < -0.3 is 10.6 Å². The number of nitrogens with one attached hydrogen (secondary N) is 2. The lowest BCUT2D eigenvalue weighted by molar-refractivity contribution is -0.136. The van der Waals surface area contributed by atoms with E-state index in [1.165, 1.54) is 24.8 Å². The molecule has 0 spiro atoms. The van der Waals surface area contributed by atoms with Crippen LogP contribution >= 0.6 is 0 Å². The molecule has 6 heteroatoms. The van der Waals surface area contributed by atoms with E-state index < -0.39 is 11.6 Å². The summed E-state index contributed by atoms with van der Waals surface area (Å²) in [5.74, 6) is 1.60. The van der Waals surface area contributed by atoms with Crippen molar-refractivity contribution < 1.29 is 14.4 Å². The minimum absolute atomic E-state index is 0.122. The fraction of sp³-hybridized carbons (Fsp3) is 0.640. The quantitative estimate of drug-likeness (QED) is 0.688. The second-order valence-electron chi connectivity index (χ2n) is 10.6. The van der Waals surface area contributed by atoms with Crippen molar-refractivity contribution in [2.75, 3.05) is 6.54 Å². The van der Waals surface area contributed by atoms with Crippen LogP contribution < -0.4 is 10.6 Å². The molecule has 4 bridgehead atoms. The highest BCUT2D eigenvalue weighted by Gasteiger charge is 2.53. The molecule has 0 radical (unpaired) electrons. The third-order valence-corrected chi connectivity index (χ3v) is 8.09. The van der Waals surface area contributed by atoms with Crippen LogP contribution in [-0.4, -0.2) is 34.8 Å². The van der Waals surface area contributed by atoms with Gasteiger partial charge >= 0.3 is 6.03 Å². The van der Waals surface area contributed by atoms with Crippen LogP contribution in [0.5, 0.6) is 0 Å². The van der Waals surface area contributed by atoms with Crippen LogP contribution in [0.2, 0.25) is 0 Å². The van der Waals surface area contributed by atoms with Crippen LogP contribution in [0.25, 0.3) is 0 Å². The van der Waals surface area contributed by atoms with E-state index in [-0.39, 0.29) is 23.9 Å². The van der Waals surface area contributed by atoms with Gasteiger partial charge in [0.05, 0.1) is 0 Å². The third kappa shape index (κ3) is 3.54. The number of benzene rings is 1. The Morgan fingerprint density at radius 1 is 1.06 bits per heavy atom. The van der Waals surface area contributed by atoms with Gasteiger partial charge in [0, 0.05) is 5.54 Å². The molecule has 166 valence electrons. The Labute approximate surface area is 184 Å². The molecule has 0 unspecified atom stereocenters. The smallest absolute Gasteiger partial charge is 0.325 e. The third-order valence-electron chi connectivity index (χ3n) is 8.09. The van der Waals surface area contributed by atoms with Gasteiger partial charge in [0.2, 0.25) is 5.91 Å². The number of hydrogen-bond donors (Lipinski definition) is 2. The molecule has 1 aliphatic heterocycles. The predicted molar refractivity (Wildman–Crippen MR) is 117 cm³/mol. The second-order valence-corrected chi connectivity index (χ2v) is 10.6. The molecule has 6 nitrogen and oxygen atoms in total. The minimum atomic E-state index is -1.14. The summed E-state index contributed by atoms with van der Waals surface area (Å²) in [4.78, 5) is 39.9. The molecule has 0 aromatic heterocycles. The Hall–Kier alpha value is -2.37. The van der Waals surface area contributed by atoms with Crippen LogP contribution in [-0.2, 0) is 21.5 Å². The monoisotopic (exact) mass is 423 g/mol. The van der Waals surface area contributed by atoms with Crippen molar-refractivity contribution in [1.82, 2.24) is 15.5 Å². The molecule has 4 saturated carbocycles. The van der Waals surface area contributed by atoms with E-state index in [1.807, 2.05) is 24.3 Å². The van der Waals surface area contributed by atoms with Crippen LogP contribution in [0.15, 0.2) is 24.3 Å². The SMILES string of the molecule is CCCc1ccc([C@@]2(C)NC(=O)N(CC(=O)NC34CC5CC(CC(C5)C3)C4)C2=O)cc1. The predicted octanol–water partition coefficient (Wildman–Crippen LogP) is 3.49. The van der Waals surface area contributed by atoms with Crippen molar-refractivity contribution in [3.8, 4) is 0 Å².